The summed E-state index contributed by atoms with van der Waals surface area (Å²) in [6, 6.07) is 0. The lowest BCUT2D eigenvalue weighted by molar-refractivity contribution is -0.161. The van der Waals surface area contributed by atoms with Gasteiger partial charge in [-0.3, -0.25) is 32.5 Å². The second kappa shape index (κ2) is 90.7. The molecule has 0 spiro atoms. The van der Waals surface area contributed by atoms with Gasteiger partial charge in [0.1, 0.15) is 25.4 Å². The first-order valence-corrected chi connectivity index (χ1v) is 50.1. The maximum Gasteiger partial charge on any atom is 0.472 e. The molecule has 0 bridgehead atoms. The maximum absolute atomic E-state index is 13.0. The first kappa shape index (κ1) is 112. The minimum Gasteiger partial charge on any atom is -0.463 e. The Bertz CT molecular complexity index is 2710. The summed E-state index contributed by atoms with van der Waals surface area (Å²) in [6.07, 6.45) is 115. The van der Waals surface area contributed by atoms with Gasteiger partial charge in [-0.2, -0.15) is 0 Å². The SMILES string of the molecule is CC/C=C\C/C=C\C/C=C\C/C=C\C/C=C\C/C=C\CCCCCCCCCCCCCCC(=O)OCC(COP(=O)(O)OCC(O)COP(=O)(O)OCC(O)COC(=O)CCCCCCCCCCCCCCCCCCCCC/C=C\C/C=C\C/C=C\C/C=C\C/C=C\CC)OC(=O)CCCCCCC/C=C\CCCCCCCC. The van der Waals surface area contributed by atoms with Crippen LogP contribution in [0, 0.1) is 0 Å². The van der Waals surface area contributed by atoms with Gasteiger partial charge in [-0.25, -0.2) is 9.13 Å². The topological polar surface area (TPSA) is 231 Å². The Morgan fingerprint density at radius 3 is 0.726 bits per heavy atom. The minimum atomic E-state index is -4.94. The normalized spacial score (nSPS) is 14.4. The number of unbranched alkanes of at least 4 members (excludes halogenated alkanes) is 42. The predicted octanol–water partition coefficient (Wildman–Crippen LogP) is 29.1. The smallest absolute Gasteiger partial charge is 0.463 e. The van der Waals surface area contributed by atoms with E-state index in [1.54, 1.807) is 0 Å². The maximum atomic E-state index is 13.0. The Labute approximate surface area is 715 Å². The second-order valence-electron chi connectivity index (χ2n) is 31.4. The predicted molar refractivity (Wildman–Crippen MR) is 491 cm³/mol. The molecular formula is C99H172O16P2. The number of phosphoric ester groups is 2. The number of aliphatic hydroxyl groups excluding tert-OH is 2. The van der Waals surface area contributed by atoms with Gasteiger partial charge >= 0.3 is 33.6 Å². The van der Waals surface area contributed by atoms with E-state index >= 15 is 0 Å². The molecule has 0 amide bonds. The fraction of sp³-hybridized carbons (Fsp3) is 0.727. The average Bonchev–Trinajstić information content (AvgIpc) is 0.865. The standard InChI is InChI=1S/C99H172O16P2/c1-4-7-10-13-16-19-22-25-28-30-32-34-36-38-40-42-44-45-46-47-49-51-52-54-56-58-60-62-65-67-70-73-76-79-82-85-97(102)109-88-94(100)89-111-116(105,106)112-90-95(101)91-113-117(107,108)114-93-96(115-99(104)87-84-81-78-75-72-69-64-27-24-21-18-15-12-9-6-3)92-110-98(103)86-83-80-77-74-71-68-66-63-61-59-57-55-53-50-48-43-41-39-37-35-33-31-29-26-23-20-17-14-11-8-5-2/h7-8,10-11,16-17,19-20,25-29,32-35,38-41,48,50,64,94-96,100-101H,4-6,9,12-15,18,21-24,30-31,36-37,42-47,49,51-63,65-93H2,1-3H3,(H,105,106)(H,107,108)/b10-7-,11-8-,19-16-,20-17-,28-25-,29-26-,34-32-,35-33-,40-38-,41-39-,50-48-,64-27-. The quantitative estimate of drug-likeness (QED) is 0.0146. The fourth-order valence-electron chi connectivity index (χ4n) is 13.0. The van der Waals surface area contributed by atoms with Crippen LogP contribution in [-0.2, 0) is 55.8 Å². The molecule has 18 heteroatoms. The lowest BCUT2D eigenvalue weighted by Crippen LogP contribution is -2.30. The molecule has 0 fully saturated rings. The second-order valence-corrected chi connectivity index (χ2v) is 34.3. The number of carbonyl (C=O) groups is 3. The van der Waals surface area contributed by atoms with Gasteiger partial charge in [-0.05, 0) is 141 Å². The highest BCUT2D eigenvalue weighted by atomic mass is 31.2. The zero-order valence-electron chi connectivity index (χ0n) is 74.3. The number of rotatable bonds is 89. The Kier molecular flexibility index (Phi) is 87.1. The van der Waals surface area contributed by atoms with E-state index in [1.807, 2.05) is 0 Å². The van der Waals surface area contributed by atoms with Gasteiger partial charge in [0, 0.05) is 19.3 Å². The third-order valence-corrected chi connectivity index (χ3v) is 21.9. The molecule has 117 heavy (non-hydrogen) atoms. The number of hydrogen-bond donors (Lipinski definition) is 4. The Morgan fingerprint density at radius 2 is 0.453 bits per heavy atom. The van der Waals surface area contributed by atoms with E-state index in [0.717, 1.165) is 161 Å². The Morgan fingerprint density at radius 1 is 0.248 bits per heavy atom. The van der Waals surface area contributed by atoms with Crippen LogP contribution in [0.25, 0.3) is 0 Å². The number of esters is 3. The van der Waals surface area contributed by atoms with Crippen LogP contribution in [0.15, 0.2) is 146 Å². The van der Waals surface area contributed by atoms with Crippen molar-refractivity contribution in [2.75, 3.05) is 39.6 Å². The van der Waals surface area contributed by atoms with Gasteiger partial charge in [-0.1, -0.05) is 391 Å². The van der Waals surface area contributed by atoms with Crippen molar-refractivity contribution in [3.63, 3.8) is 0 Å². The summed E-state index contributed by atoms with van der Waals surface area (Å²) < 4.78 is 61.4. The van der Waals surface area contributed by atoms with Crippen LogP contribution in [0.1, 0.15) is 406 Å². The van der Waals surface area contributed by atoms with E-state index in [4.69, 9.17) is 32.3 Å². The van der Waals surface area contributed by atoms with E-state index in [-0.39, 0.29) is 19.3 Å². The molecule has 0 aliphatic carbocycles. The van der Waals surface area contributed by atoms with Crippen molar-refractivity contribution < 1.29 is 75.8 Å². The molecule has 0 saturated heterocycles. The average molecular weight is 1680 g/mol. The van der Waals surface area contributed by atoms with Gasteiger partial charge < -0.3 is 34.2 Å². The summed E-state index contributed by atoms with van der Waals surface area (Å²) in [5, 5.41) is 20.7. The summed E-state index contributed by atoms with van der Waals surface area (Å²) in [5.41, 5.74) is 0. The highest BCUT2D eigenvalue weighted by Crippen LogP contribution is 2.45. The molecule has 0 rings (SSSR count). The third-order valence-electron chi connectivity index (χ3n) is 20.0. The van der Waals surface area contributed by atoms with Gasteiger partial charge in [0.2, 0.25) is 0 Å². The van der Waals surface area contributed by atoms with E-state index in [1.165, 1.54) is 186 Å². The molecule has 5 atom stereocenters. The van der Waals surface area contributed by atoms with E-state index in [9.17, 15) is 43.5 Å². The zero-order chi connectivity index (χ0) is 85.1. The van der Waals surface area contributed by atoms with Gasteiger partial charge in [0.15, 0.2) is 6.10 Å². The largest absolute Gasteiger partial charge is 0.472 e. The van der Waals surface area contributed by atoms with Crippen LogP contribution in [-0.4, -0.2) is 95.9 Å². The van der Waals surface area contributed by atoms with E-state index < -0.39 is 91.5 Å². The summed E-state index contributed by atoms with van der Waals surface area (Å²) in [6.45, 7) is 2.50. The first-order chi connectivity index (χ1) is 57.2. The molecule has 674 valence electrons. The third kappa shape index (κ3) is 92.0. The number of carbonyl (C=O) groups excluding carboxylic acids is 3. The summed E-state index contributed by atoms with van der Waals surface area (Å²) in [5.74, 6) is -1.57. The molecule has 5 unspecified atom stereocenters. The molecule has 0 aliphatic heterocycles. The highest BCUT2D eigenvalue weighted by Gasteiger charge is 2.30. The molecule has 0 aliphatic rings. The number of aliphatic hydroxyl groups is 2. The van der Waals surface area contributed by atoms with Crippen LogP contribution in [0.2, 0.25) is 0 Å². The molecule has 0 radical (unpaired) electrons. The molecule has 0 aromatic rings. The lowest BCUT2D eigenvalue weighted by Gasteiger charge is -2.21. The van der Waals surface area contributed by atoms with Gasteiger partial charge in [0.25, 0.3) is 0 Å². The number of hydrogen-bond acceptors (Lipinski definition) is 14. The van der Waals surface area contributed by atoms with Crippen molar-refractivity contribution in [2.24, 2.45) is 0 Å². The monoisotopic (exact) mass is 1680 g/mol. The number of ether oxygens (including phenoxy) is 3. The van der Waals surface area contributed by atoms with Crippen molar-refractivity contribution in [3.8, 4) is 0 Å². The minimum absolute atomic E-state index is 0.0940. The first-order valence-electron chi connectivity index (χ1n) is 47.1. The van der Waals surface area contributed by atoms with Gasteiger partial charge in [0.05, 0.1) is 26.4 Å². The molecule has 0 aromatic heterocycles. The zero-order valence-corrected chi connectivity index (χ0v) is 76.1. The Balaban J connectivity index is 4.42. The van der Waals surface area contributed by atoms with Crippen LogP contribution in [0.5, 0.6) is 0 Å². The number of allylic oxidation sites excluding steroid dienone is 24. The van der Waals surface area contributed by atoms with Crippen molar-refractivity contribution in [2.45, 2.75) is 424 Å². The van der Waals surface area contributed by atoms with E-state index in [2.05, 4.69) is 167 Å². The summed E-state index contributed by atoms with van der Waals surface area (Å²) in [4.78, 5) is 58.9. The van der Waals surface area contributed by atoms with Crippen LogP contribution in [0.4, 0.5) is 0 Å². The van der Waals surface area contributed by atoms with E-state index in [0.29, 0.717) is 19.3 Å². The molecule has 0 saturated carbocycles. The van der Waals surface area contributed by atoms with Crippen molar-refractivity contribution >= 4 is 33.6 Å². The fourth-order valence-corrected chi connectivity index (χ4v) is 14.5. The molecular weight excluding hydrogens is 1510 g/mol. The van der Waals surface area contributed by atoms with Crippen molar-refractivity contribution in [1.29, 1.82) is 0 Å². The summed E-state index contributed by atoms with van der Waals surface area (Å²) >= 11 is 0. The molecule has 0 aromatic carbocycles. The number of phosphoric acid groups is 2. The molecule has 4 N–H and O–H groups in total. The highest BCUT2D eigenvalue weighted by molar-refractivity contribution is 7.47. The van der Waals surface area contributed by atoms with Crippen LogP contribution < -0.4 is 0 Å². The van der Waals surface area contributed by atoms with Crippen molar-refractivity contribution in [1.82, 2.24) is 0 Å². The Hall–Kier alpha value is -4.57. The summed E-state index contributed by atoms with van der Waals surface area (Å²) in [7, 11) is -9.80. The molecule has 16 nitrogen and oxygen atoms in total. The van der Waals surface area contributed by atoms with Gasteiger partial charge in [-0.15, -0.1) is 0 Å². The van der Waals surface area contributed by atoms with Crippen LogP contribution >= 0.6 is 15.6 Å². The lowest BCUT2D eigenvalue weighted by atomic mass is 10.0. The van der Waals surface area contributed by atoms with Crippen molar-refractivity contribution in [3.05, 3.63) is 146 Å². The molecule has 0 heterocycles. The van der Waals surface area contributed by atoms with Crippen LogP contribution in [0.3, 0.4) is 0 Å².